The molecule has 1 N–H and O–H groups in total. The van der Waals surface area contributed by atoms with Crippen LogP contribution in [-0.4, -0.2) is 5.11 Å². The molecule has 2 aromatic carbocycles. The fourth-order valence-electron chi connectivity index (χ4n) is 2.84. The molecule has 0 spiro atoms. The minimum atomic E-state index is -0.621. The minimum Gasteiger partial charge on any atom is -0.388 e. The monoisotopic (exact) mass is 242 g/mol. The van der Waals surface area contributed by atoms with E-state index in [9.17, 15) is 9.50 Å². The van der Waals surface area contributed by atoms with Crippen molar-refractivity contribution in [3.8, 4) is 0 Å². The molecule has 0 saturated heterocycles. The highest BCUT2D eigenvalue weighted by molar-refractivity contribution is 5.37. The second kappa shape index (κ2) is 4.54. The summed E-state index contributed by atoms with van der Waals surface area (Å²) in [4.78, 5) is 0. The largest absolute Gasteiger partial charge is 0.388 e. The lowest BCUT2D eigenvalue weighted by atomic mass is 9.90. The summed E-state index contributed by atoms with van der Waals surface area (Å²) in [5.74, 6) is -0.208. The van der Waals surface area contributed by atoms with Gasteiger partial charge in [-0.1, -0.05) is 36.4 Å². The molecule has 0 aromatic heterocycles. The van der Waals surface area contributed by atoms with Crippen molar-refractivity contribution in [2.45, 2.75) is 24.9 Å². The van der Waals surface area contributed by atoms with Gasteiger partial charge in [-0.25, -0.2) is 4.39 Å². The van der Waals surface area contributed by atoms with Gasteiger partial charge in [-0.15, -0.1) is 0 Å². The highest BCUT2D eigenvalue weighted by Gasteiger charge is 2.29. The first-order valence-electron chi connectivity index (χ1n) is 6.27. The smallest absolute Gasteiger partial charge is 0.123 e. The molecule has 0 bridgehead atoms. The standard InChI is InChI=1S/C16H15FO/c17-13-6-3-5-12(10-13)16(18)15-9-8-11-4-1-2-7-14(11)15/h1-7,10,15-16,18H,8-9H2. The number of benzene rings is 2. The molecule has 92 valence electrons. The Morgan fingerprint density at radius 2 is 1.94 bits per heavy atom. The van der Waals surface area contributed by atoms with Crippen LogP contribution in [0.15, 0.2) is 48.5 Å². The van der Waals surface area contributed by atoms with Gasteiger partial charge in [0.15, 0.2) is 0 Å². The van der Waals surface area contributed by atoms with E-state index in [1.807, 2.05) is 12.1 Å². The van der Waals surface area contributed by atoms with E-state index in [1.165, 1.54) is 23.3 Å². The zero-order valence-electron chi connectivity index (χ0n) is 10.0. The number of fused-ring (bicyclic) bond motifs is 1. The predicted molar refractivity (Wildman–Crippen MR) is 68.9 cm³/mol. The zero-order valence-corrected chi connectivity index (χ0v) is 10.0. The van der Waals surface area contributed by atoms with Crippen LogP contribution >= 0.6 is 0 Å². The Bertz CT molecular complexity index is 565. The highest BCUT2D eigenvalue weighted by atomic mass is 19.1. The first-order chi connectivity index (χ1) is 8.75. The quantitative estimate of drug-likeness (QED) is 0.853. The Balaban J connectivity index is 1.93. The second-order valence-corrected chi connectivity index (χ2v) is 4.84. The van der Waals surface area contributed by atoms with Gasteiger partial charge >= 0.3 is 0 Å². The van der Waals surface area contributed by atoms with Crippen molar-refractivity contribution < 1.29 is 9.50 Å². The summed E-state index contributed by atoms with van der Waals surface area (Å²) in [6, 6.07) is 14.4. The van der Waals surface area contributed by atoms with E-state index in [0.29, 0.717) is 5.56 Å². The van der Waals surface area contributed by atoms with Gasteiger partial charge in [0.2, 0.25) is 0 Å². The van der Waals surface area contributed by atoms with Crippen molar-refractivity contribution in [1.29, 1.82) is 0 Å². The number of aryl methyl sites for hydroxylation is 1. The van der Waals surface area contributed by atoms with Crippen LogP contribution in [0.3, 0.4) is 0 Å². The van der Waals surface area contributed by atoms with Gasteiger partial charge in [-0.3, -0.25) is 0 Å². The molecule has 1 aliphatic rings. The van der Waals surface area contributed by atoms with E-state index < -0.39 is 6.10 Å². The van der Waals surface area contributed by atoms with Crippen molar-refractivity contribution in [2.75, 3.05) is 0 Å². The maximum Gasteiger partial charge on any atom is 0.123 e. The van der Waals surface area contributed by atoms with Gasteiger partial charge in [0.25, 0.3) is 0 Å². The number of halogens is 1. The van der Waals surface area contributed by atoms with Gasteiger partial charge in [0.05, 0.1) is 6.10 Å². The molecule has 1 nitrogen and oxygen atoms in total. The van der Waals surface area contributed by atoms with Gasteiger partial charge in [0.1, 0.15) is 5.82 Å². The number of hydrogen-bond acceptors (Lipinski definition) is 1. The fourth-order valence-corrected chi connectivity index (χ4v) is 2.84. The fraction of sp³-hybridized carbons (Fsp3) is 0.250. The Labute approximate surface area is 106 Å². The molecule has 0 fully saturated rings. The van der Waals surface area contributed by atoms with Crippen molar-refractivity contribution in [1.82, 2.24) is 0 Å². The number of rotatable bonds is 2. The van der Waals surface area contributed by atoms with Crippen molar-refractivity contribution in [3.63, 3.8) is 0 Å². The van der Waals surface area contributed by atoms with Crippen molar-refractivity contribution in [2.24, 2.45) is 0 Å². The molecule has 0 saturated carbocycles. The predicted octanol–water partition coefficient (Wildman–Crippen LogP) is 3.59. The molecule has 2 aromatic rings. The molecule has 2 unspecified atom stereocenters. The number of aliphatic hydroxyl groups excluding tert-OH is 1. The summed E-state index contributed by atoms with van der Waals surface area (Å²) in [7, 11) is 0. The summed E-state index contributed by atoms with van der Waals surface area (Å²) < 4.78 is 13.2. The summed E-state index contributed by atoms with van der Waals surface area (Å²) in [6.45, 7) is 0. The molecule has 2 atom stereocenters. The summed E-state index contributed by atoms with van der Waals surface area (Å²) in [5.41, 5.74) is 3.17. The average Bonchev–Trinajstić information content (AvgIpc) is 2.82. The first kappa shape index (κ1) is 11.4. The average molecular weight is 242 g/mol. The zero-order chi connectivity index (χ0) is 12.5. The van der Waals surface area contributed by atoms with E-state index in [4.69, 9.17) is 0 Å². The van der Waals surface area contributed by atoms with Gasteiger partial charge < -0.3 is 5.11 Å². The molecule has 18 heavy (non-hydrogen) atoms. The highest BCUT2D eigenvalue weighted by Crippen LogP contribution is 2.41. The molecule has 2 heteroatoms. The van der Waals surface area contributed by atoms with E-state index in [0.717, 1.165) is 12.8 Å². The van der Waals surface area contributed by atoms with Gasteiger partial charge in [-0.05, 0) is 41.7 Å². The molecule has 1 aliphatic carbocycles. The van der Waals surface area contributed by atoms with E-state index >= 15 is 0 Å². The van der Waals surface area contributed by atoms with Crippen molar-refractivity contribution >= 4 is 0 Å². The summed E-state index contributed by atoms with van der Waals surface area (Å²) in [5, 5.41) is 10.4. The van der Waals surface area contributed by atoms with Crippen LogP contribution in [0.2, 0.25) is 0 Å². The Kier molecular flexibility index (Phi) is 2.88. The third kappa shape index (κ3) is 1.93. The molecule has 0 amide bonds. The molecular formula is C16H15FO. The molecule has 0 aliphatic heterocycles. The van der Waals surface area contributed by atoms with E-state index in [-0.39, 0.29) is 11.7 Å². The Hall–Kier alpha value is -1.67. The third-order valence-electron chi connectivity index (χ3n) is 3.75. The topological polar surface area (TPSA) is 20.2 Å². The molecule has 0 heterocycles. The van der Waals surface area contributed by atoms with Crippen LogP contribution < -0.4 is 0 Å². The number of aliphatic hydroxyl groups is 1. The lowest BCUT2D eigenvalue weighted by Gasteiger charge is -2.19. The SMILES string of the molecule is OC(c1cccc(F)c1)C1CCc2ccccc21. The first-order valence-corrected chi connectivity index (χ1v) is 6.27. The lowest BCUT2D eigenvalue weighted by molar-refractivity contribution is 0.144. The maximum absolute atomic E-state index is 13.2. The summed E-state index contributed by atoms with van der Waals surface area (Å²) in [6.07, 6.45) is 1.30. The molecule has 0 radical (unpaired) electrons. The Morgan fingerprint density at radius 1 is 1.11 bits per heavy atom. The van der Waals surface area contributed by atoms with E-state index in [1.54, 1.807) is 12.1 Å². The number of hydrogen-bond donors (Lipinski definition) is 1. The van der Waals surface area contributed by atoms with Crippen LogP contribution in [-0.2, 0) is 6.42 Å². The third-order valence-corrected chi connectivity index (χ3v) is 3.75. The summed E-state index contributed by atoms with van der Waals surface area (Å²) >= 11 is 0. The van der Waals surface area contributed by atoms with Crippen LogP contribution in [0.1, 0.15) is 35.1 Å². The normalized spacial score (nSPS) is 19.6. The second-order valence-electron chi connectivity index (χ2n) is 4.84. The van der Waals surface area contributed by atoms with Crippen LogP contribution in [0.5, 0.6) is 0 Å². The Morgan fingerprint density at radius 3 is 2.78 bits per heavy atom. The van der Waals surface area contributed by atoms with Gasteiger partial charge in [0, 0.05) is 5.92 Å². The van der Waals surface area contributed by atoms with Crippen molar-refractivity contribution in [3.05, 3.63) is 71.0 Å². The minimum absolute atomic E-state index is 0.0861. The molecule has 3 rings (SSSR count). The maximum atomic E-state index is 13.2. The van der Waals surface area contributed by atoms with Crippen LogP contribution in [0.25, 0.3) is 0 Å². The van der Waals surface area contributed by atoms with Gasteiger partial charge in [-0.2, -0.15) is 0 Å². The molecular weight excluding hydrogens is 227 g/mol. The lowest BCUT2D eigenvalue weighted by Crippen LogP contribution is -2.08. The van der Waals surface area contributed by atoms with Crippen LogP contribution in [0.4, 0.5) is 4.39 Å². The van der Waals surface area contributed by atoms with E-state index in [2.05, 4.69) is 12.1 Å². The van der Waals surface area contributed by atoms with Crippen LogP contribution in [0, 0.1) is 5.82 Å².